The molecule has 2 aromatic rings. The van der Waals surface area contributed by atoms with Gasteiger partial charge in [0.1, 0.15) is 17.4 Å². The standard InChI is InChI=1S/C14H10N2O3/c1-9-5-6-11(8-15)13(16-9)19-12-4-2-3-10(7-12)14(17)18/h2-7H,1H3,(H,17,18). The molecule has 1 aromatic carbocycles. The Morgan fingerprint density at radius 2 is 2.16 bits per heavy atom. The van der Waals surface area contributed by atoms with E-state index in [1.165, 1.54) is 12.1 Å². The Labute approximate surface area is 109 Å². The molecule has 1 heterocycles. The van der Waals surface area contributed by atoms with Crippen LogP contribution in [-0.4, -0.2) is 16.1 Å². The molecule has 0 bridgehead atoms. The average Bonchev–Trinajstić information content (AvgIpc) is 2.39. The second-order valence-electron chi connectivity index (χ2n) is 3.85. The van der Waals surface area contributed by atoms with E-state index < -0.39 is 5.97 Å². The van der Waals surface area contributed by atoms with Gasteiger partial charge in [-0.2, -0.15) is 5.26 Å². The lowest BCUT2D eigenvalue weighted by Crippen LogP contribution is -1.98. The van der Waals surface area contributed by atoms with Gasteiger partial charge in [0.2, 0.25) is 5.88 Å². The first-order chi connectivity index (χ1) is 9.10. The molecule has 0 fully saturated rings. The lowest BCUT2D eigenvalue weighted by molar-refractivity contribution is 0.0696. The minimum atomic E-state index is -1.04. The fraction of sp³-hybridized carbons (Fsp3) is 0.0714. The molecule has 0 radical (unpaired) electrons. The molecule has 1 aromatic heterocycles. The molecule has 19 heavy (non-hydrogen) atoms. The highest BCUT2D eigenvalue weighted by molar-refractivity contribution is 5.88. The Morgan fingerprint density at radius 3 is 2.84 bits per heavy atom. The first-order valence-electron chi connectivity index (χ1n) is 5.49. The summed E-state index contributed by atoms with van der Waals surface area (Å²) in [4.78, 5) is 15.0. The first-order valence-corrected chi connectivity index (χ1v) is 5.49. The fourth-order valence-electron chi connectivity index (χ4n) is 1.50. The van der Waals surface area contributed by atoms with Crippen molar-refractivity contribution in [1.29, 1.82) is 5.26 Å². The largest absolute Gasteiger partial charge is 0.478 e. The monoisotopic (exact) mass is 254 g/mol. The number of hydrogen-bond donors (Lipinski definition) is 1. The van der Waals surface area contributed by atoms with E-state index in [2.05, 4.69) is 4.98 Å². The molecule has 0 aliphatic heterocycles. The number of carboxylic acid groups (broad SMARTS) is 1. The summed E-state index contributed by atoms with van der Waals surface area (Å²) in [7, 11) is 0. The van der Waals surface area contributed by atoms with Gasteiger partial charge < -0.3 is 9.84 Å². The first kappa shape index (κ1) is 12.6. The van der Waals surface area contributed by atoms with Crippen LogP contribution in [0.2, 0.25) is 0 Å². The van der Waals surface area contributed by atoms with Crippen LogP contribution < -0.4 is 4.74 Å². The summed E-state index contributed by atoms with van der Waals surface area (Å²) in [6.45, 7) is 1.78. The molecule has 0 saturated carbocycles. The zero-order chi connectivity index (χ0) is 13.8. The third-order valence-corrected chi connectivity index (χ3v) is 2.42. The minimum absolute atomic E-state index is 0.115. The van der Waals surface area contributed by atoms with Crippen molar-refractivity contribution in [3.8, 4) is 17.7 Å². The Bertz CT molecular complexity index is 675. The summed E-state index contributed by atoms with van der Waals surface area (Å²) in [6.07, 6.45) is 0. The molecule has 1 N–H and O–H groups in total. The maximum Gasteiger partial charge on any atom is 0.335 e. The normalized spacial score (nSPS) is 9.68. The Hall–Kier alpha value is -2.87. The van der Waals surface area contributed by atoms with Gasteiger partial charge in [0, 0.05) is 5.69 Å². The predicted molar refractivity (Wildman–Crippen MR) is 67.2 cm³/mol. The second kappa shape index (κ2) is 5.19. The van der Waals surface area contributed by atoms with Crippen molar-refractivity contribution in [2.75, 3.05) is 0 Å². The van der Waals surface area contributed by atoms with Gasteiger partial charge >= 0.3 is 5.97 Å². The average molecular weight is 254 g/mol. The molecular weight excluding hydrogens is 244 g/mol. The van der Waals surface area contributed by atoms with Gasteiger partial charge in [0.05, 0.1) is 5.56 Å². The van der Waals surface area contributed by atoms with E-state index in [1.807, 2.05) is 6.07 Å². The van der Waals surface area contributed by atoms with E-state index in [4.69, 9.17) is 15.1 Å². The predicted octanol–water partition coefficient (Wildman–Crippen LogP) is 2.75. The number of hydrogen-bond acceptors (Lipinski definition) is 4. The van der Waals surface area contributed by atoms with Crippen molar-refractivity contribution in [1.82, 2.24) is 4.98 Å². The number of nitriles is 1. The maximum absolute atomic E-state index is 10.9. The molecule has 2 rings (SSSR count). The maximum atomic E-state index is 10.9. The number of carbonyl (C=O) groups is 1. The quantitative estimate of drug-likeness (QED) is 0.910. The number of aromatic nitrogens is 1. The van der Waals surface area contributed by atoms with Crippen molar-refractivity contribution in [2.24, 2.45) is 0 Å². The van der Waals surface area contributed by atoms with Crippen LogP contribution in [0.5, 0.6) is 11.6 Å². The number of ether oxygens (including phenoxy) is 1. The van der Waals surface area contributed by atoms with E-state index in [-0.39, 0.29) is 11.4 Å². The SMILES string of the molecule is Cc1ccc(C#N)c(Oc2cccc(C(=O)O)c2)n1. The molecule has 5 nitrogen and oxygen atoms in total. The summed E-state index contributed by atoms with van der Waals surface area (Å²) in [6, 6.07) is 11.3. The highest BCUT2D eigenvalue weighted by Gasteiger charge is 2.09. The summed E-state index contributed by atoms with van der Waals surface area (Å²) >= 11 is 0. The summed E-state index contributed by atoms with van der Waals surface area (Å²) < 4.78 is 5.48. The van der Waals surface area contributed by atoms with Crippen LogP contribution in [0.4, 0.5) is 0 Å². The van der Waals surface area contributed by atoms with Crippen LogP contribution in [0.15, 0.2) is 36.4 Å². The Kier molecular flexibility index (Phi) is 3.44. The number of rotatable bonds is 3. The highest BCUT2D eigenvalue weighted by atomic mass is 16.5. The van der Waals surface area contributed by atoms with E-state index in [0.29, 0.717) is 17.0 Å². The molecule has 0 saturated heterocycles. The van der Waals surface area contributed by atoms with E-state index in [0.717, 1.165) is 0 Å². The lowest BCUT2D eigenvalue weighted by atomic mass is 10.2. The molecular formula is C14H10N2O3. The van der Waals surface area contributed by atoms with Crippen molar-refractivity contribution < 1.29 is 14.6 Å². The van der Waals surface area contributed by atoms with Gasteiger partial charge in [-0.15, -0.1) is 0 Å². The Balaban J connectivity index is 2.36. The van der Waals surface area contributed by atoms with E-state index in [9.17, 15) is 4.79 Å². The zero-order valence-corrected chi connectivity index (χ0v) is 10.1. The number of aromatic carboxylic acids is 1. The van der Waals surface area contributed by atoms with Crippen molar-refractivity contribution in [3.05, 3.63) is 53.2 Å². The molecule has 0 amide bonds. The molecule has 0 spiro atoms. The second-order valence-corrected chi connectivity index (χ2v) is 3.85. The number of aryl methyl sites for hydroxylation is 1. The summed E-state index contributed by atoms with van der Waals surface area (Å²) in [5, 5.41) is 17.9. The van der Waals surface area contributed by atoms with Crippen LogP contribution in [-0.2, 0) is 0 Å². The number of pyridine rings is 1. The van der Waals surface area contributed by atoms with Crippen LogP contribution in [0.3, 0.4) is 0 Å². The number of carboxylic acids is 1. The van der Waals surface area contributed by atoms with E-state index in [1.54, 1.807) is 31.2 Å². The van der Waals surface area contributed by atoms with Crippen molar-refractivity contribution in [3.63, 3.8) is 0 Å². The third kappa shape index (κ3) is 2.87. The molecule has 0 atom stereocenters. The van der Waals surface area contributed by atoms with Crippen molar-refractivity contribution in [2.45, 2.75) is 6.92 Å². The zero-order valence-electron chi connectivity index (χ0n) is 10.1. The smallest absolute Gasteiger partial charge is 0.335 e. The van der Waals surface area contributed by atoms with Crippen LogP contribution in [0.1, 0.15) is 21.6 Å². The van der Waals surface area contributed by atoms with Crippen LogP contribution >= 0.6 is 0 Å². The topological polar surface area (TPSA) is 83.2 Å². The van der Waals surface area contributed by atoms with Gasteiger partial charge in [-0.25, -0.2) is 9.78 Å². The van der Waals surface area contributed by atoms with Crippen LogP contribution in [0, 0.1) is 18.3 Å². The Morgan fingerprint density at radius 1 is 1.37 bits per heavy atom. The molecule has 94 valence electrons. The van der Waals surface area contributed by atoms with Gasteiger partial charge in [0.25, 0.3) is 0 Å². The molecule has 5 heteroatoms. The molecule has 0 aliphatic rings. The van der Waals surface area contributed by atoms with Gasteiger partial charge in [-0.3, -0.25) is 0 Å². The number of benzene rings is 1. The highest BCUT2D eigenvalue weighted by Crippen LogP contribution is 2.24. The lowest BCUT2D eigenvalue weighted by Gasteiger charge is -2.07. The van der Waals surface area contributed by atoms with Crippen molar-refractivity contribution >= 4 is 5.97 Å². The fourth-order valence-corrected chi connectivity index (χ4v) is 1.50. The van der Waals surface area contributed by atoms with E-state index >= 15 is 0 Å². The molecule has 0 aliphatic carbocycles. The third-order valence-electron chi connectivity index (χ3n) is 2.42. The van der Waals surface area contributed by atoms with Crippen LogP contribution in [0.25, 0.3) is 0 Å². The summed E-state index contributed by atoms with van der Waals surface area (Å²) in [5.41, 5.74) is 1.12. The summed E-state index contributed by atoms with van der Waals surface area (Å²) in [5.74, 6) is -0.539. The van der Waals surface area contributed by atoms with Gasteiger partial charge in [-0.1, -0.05) is 6.07 Å². The van der Waals surface area contributed by atoms with Gasteiger partial charge in [0.15, 0.2) is 0 Å². The van der Waals surface area contributed by atoms with Gasteiger partial charge in [-0.05, 0) is 37.3 Å². The minimum Gasteiger partial charge on any atom is -0.478 e. The number of nitrogens with zero attached hydrogens (tertiary/aromatic N) is 2. The molecule has 0 unspecified atom stereocenters.